The van der Waals surface area contributed by atoms with Gasteiger partial charge in [0.05, 0.1) is 6.61 Å². The molecule has 184 valence electrons. The van der Waals surface area contributed by atoms with Crippen molar-refractivity contribution < 1.29 is 38.5 Å². The van der Waals surface area contributed by atoms with Gasteiger partial charge in [-0.3, -0.25) is 0 Å². The second kappa shape index (κ2) is 15.9. The van der Waals surface area contributed by atoms with Crippen LogP contribution in [0.4, 0.5) is 0 Å². The monoisotopic (exact) mass is 472 g/mol. The first-order valence-electron chi connectivity index (χ1n) is 10.4. The molecule has 0 saturated carbocycles. The maximum absolute atomic E-state index is 12.0. The van der Waals surface area contributed by atoms with Crippen molar-refractivity contribution in [2.45, 2.75) is 40.2 Å². The number of carbonyl (C=O) groups is 4. The first-order valence-corrected chi connectivity index (χ1v) is 10.4. The largest absolute Gasteiger partial charge is 0.458 e. The van der Waals surface area contributed by atoms with Gasteiger partial charge >= 0.3 is 23.9 Å². The summed E-state index contributed by atoms with van der Waals surface area (Å²) in [7, 11) is 0. The Hall–Kier alpha value is -3.78. The number of aliphatic hydroxyl groups excluding tert-OH is 1. The fourth-order valence-electron chi connectivity index (χ4n) is 1.90. The summed E-state index contributed by atoms with van der Waals surface area (Å²) in [6.45, 7) is 15.9. The molecule has 0 amide bonds. The molecular weight excluding hydrogens is 440 g/mol. The number of aliphatic hydroxyl groups is 1. The lowest BCUT2D eigenvalue weighted by Gasteiger charge is -2.16. The number of esters is 4. The third kappa shape index (κ3) is 12.3. The fraction of sp³-hybridized carbons (Fsp3) is 0.308. The van der Waals surface area contributed by atoms with Crippen molar-refractivity contribution in [1.29, 1.82) is 0 Å². The zero-order chi connectivity index (χ0) is 26.3. The molecule has 1 unspecified atom stereocenters. The molecule has 0 aliphatic heterocycles. The first kappa shape index (κ1) is 30.2. The Kier molecular flexibility index (Phi) is 14.2. The topological polar surface area (TPSA) is 116 Å². The zero-order valence-corrected chi connectivity index (χ0v) is 20.1. The summed E-state index contributed by atoms with van der Waals surface area (Å²) in [6.07, 6.45) is 1.25. The van der Waals surface area contributed by atoms with E-state index in [2.05, 4.69) is 24.5 Å². The Balaban J connectivity index is 0.000000833. The highest BCUT2D eigenvalue weighted by Gasteiger charge is 2.18. The summed E-state index contributed by atoms with van der Waals surface area (Å²) in [4.78, 5) is 44.8. The van der Waals surface area contributed by atoms with Gasteiger partial charge in [-0.25, -0.2) is 19.2 Å². The van der Waals surface area contributed by atoms with Gasteiger partial charge in [0.25, 0.3) is 0 Å². The van der Waals surface area contributed by atoms with Gasteiger partial charge in [-0.2, -0.15) is 0 Å². The number of rotatable bonds is 10. The van der Waals surface area contributed by atoms with E-state index in [9.17, 15) is 24.3 Å². The molecule has 0 aromatic heterocycles. The summed E-state index contributed by atoms with van der Waals surface area (Å²) < 4.78 is 14.4. The van der Waals surface area contributed by atoms with E-state index in [1.54, 1.807) is 19.9 Å². The van der Waals surface area contributed by atoms with E-state index < -0.39 is 36.6 Å². The average Bonchev–Trinajstić information content (AvgIpc) is 2.81. The van der Waals surface area contributed by atoms with Gasteiger partial charge in [0, 0.05) is 22.3 Å². The van der Waals surface area contributed by atoms with Gasteiger partial charge in [-0.1, -0.05) is 57.0 Å². The molecule has 0 saturated heterocycles. The second-order valence-corrected chi connectivity index (χ2v) is 7.24. The first-order chi connectivity index (χ1) is 15.9. The zero-order valence-electron chi connectivity index (χ0n) is 20.1. The molecule has 1 rings (SSSR count). The summed E-state index contributed by atoms with van der Waals surface area (Å²) in [5, 5.41) is 9.24. The maximum Gasteiger partial charge on any atom is 0.340 e. The Morgan fingerprint density at radius 3 is 1.88 bits per heavy atom. The van der Waals surface area contributed by atoms with Crippen molar-refractivity contribution >= 4 is 30.0 Å². The predicted molar refractivity (Wildman–Crippen MR) is 128 cm³/mol. The number of hydrogen-bond donors (Lipinski definition) is 1. The number of ether oxygens (including phenoxy) is 3. The smallest absolute Gasteiger partial charge is 0.340 e. The van der Waals surface area contributed by atoms with Crippen molar-refractivity contribution in [3.63, 3.8) is 0 Å². The molecule has 1 aromatic rings. The van der Waals surface area contributed by atoms with Crippen LogP contribution in [0, 0.1) is 0 Å². The second-order valence-electron chi connectivity index (χ2n) is 7.24. The molecule has 0 fully saturated rings. The van der Waals surface area contributed by atoms with Crippen LogP contribution in [0.5, 0.6) is 0 Å². The molecule has 1 aromatic carbocycles. The lowest BCUT2D eigenvalue weighted by atomic mass is 10.1. The Morgan fingerprint density at radius 2 is 1.44 bits per heavy atom. The summed E-state index contributed by atoms with van der Waals surface area (Å²) in [6, 6.07) is 9.32. The van der Waals surface area contributed by atoms with Crippen LogP contribution in [-0.2, 0) is 33.4 Å². The average molecular weight is 473 g/mol. The van der Waals surface area contributed by atoms with Crippen LogP contribution in [0.25, 0.3) is 6.08 Å². The highest BCUT2D eigenvalue weighted by Crippen LogP contribution is 2.09. The standard InChI is InChI=1S/C18H22O5.C8H10O3/c1-4-13(2)17(20)22-12-16(11-19)23-18(21)14(3)10-15-8-6-5-7-9-15;1-5(2)7(9)11-8(10)6(3)4/h5-10,16,19H,2,4,11-12H2,1,3H3;1,3H2,2,4H3. The molecule has 0 bridgehead atoms. The molecule has 1 N–H and O–H groups in total. The molecule has 0 radical (unpaired) electrons. The van der Waals surface area contributed by atoms with Gasteiger partial charge in [-0.05, 0) is 38.8 Å². The molecule has 34 heavy (non-hydrogen) atoms. The van der Waals surface area contributed by atoms with E-state index in [1.165, 1.54) is 13.8 Å². The highest BCUT2D eigenvalue weighted by molar-refractivity contribution is 6.00. The van der Waals surface area contributed by atoms with Crippen LogP contribution in [0.15, 0.2) is 72.4 Å². The Morgan fingerprint density at radius 1 is 0.912 bits per heavy atom. The quantitative estimate of drug-likeness (QED) is 0.237. The Bertz CT molecular complexity index is 917. The Labute approximate surface area is 200 Å². The molecule has 0 heterocycles. The van der Waals surface area contributed by atoms with Crippen molar-refractivity contribution in [2.24, 2.45) is 0 Å². The van der Waals surface area contributed by atoms with Crippen LogP contribution in [-0.4, -0.2) is 48.3 Å². The van der Waals surface area contributed by atoms with Crippen LogP contribution in [0.3, 0.4) is 0 Å². The van der Waals surface area contributed by atoms with Gasteiger partial charge < -0.3 is 19.3 Å². The molecule has 0 aliphatic rings. The minimum Gasteiger partial charge on any atom is -0.458 e. The third-order valence-electron chi connectivity index (χ3n) is 3.98. The molecule has 0 aliphatic carbocycles. The summed E-state index contributed by atoms with van der Waals surface area (Å²) in [5.74, 6) is -2.55. The molecule has 8 heteroatoms. The van der Waals surface area contributed by atoms with E-state index in [0.29, 0.717) is 17.6 Å². The molecule has 1 atom stereocenters. The fourth-order valence-corrected chi connectivity index (χ4v) is 1.90. The molecule has 8 nitrogen and oxygen atoms in total. The van der Waals surface area contributed by atoms with Crippen molar-refractivity contribution in [3.05, 3.63) is 77.9 Å². The van der Waals surface area contributed by atoms with E-state index in [1.807, 2.05) is 30.3 Å². The minimum absolute atomic E-state index is 0.194. The molecule has 0 spiro atoms. The van der Waals surface area contributed by atoms with Gasteiger partial charge in [0.2, 0.25) is 0 Å². The lowest BCUT2D eigenvalue weighted by molar-refractivity contribution is -0.156. The van der Waals surface area contributed by atoms with Crippen molar-refractivity contribution in [1.82, 2.24) is 0 Å². The lowest BCUT2D eigenvalue weighted by Crippen LogP contribution is -2.29. The van der Waals surface area contributed by atoms with Crippen LogP contribution >= 0.6 is 0 Å². The van der Waals surface area contributed by atoms with Gasteiger partial charge in [-0.15, -0.1) is 0 Å². The SMILES string of the molecule is C=C(C)C(=O)OC(=O)C(=C)C.C=C(CC)C(=O)OCC(CO)OC(=O)C(C)=Cc1ccccc1. The highest BCUT2D eigenvalue weighted by atomic mass is 16.6. The summed E-state index contributed by atoms with van der Waals surface area (Å²) in [5.41, 5.74) is 1.97. The normalized spacial score (nSPS) is 11.1. The summed E-state index contributed by atoms with van der Waals surface area (Å²) >= 11 is 0. The van der Waals surface area contributed by atoms with Crippen LogP contribution < -0.4 is 0 Å². The number of hydrogen-bond acceptors (Lipinski definition) is 8. The van der Waals surface area contributed by atoms with Gasteiger partial charge in [0.1, 0.15) is 6.61 Å². The van der Waals surface area contributed by atoms with Gasteiger partial charge in [0.15, 0.2) is 6.10 Å². The third-order valence-corrected chi connectivity index (χ3v) is 3.98. The predicted octanol–water partition coefficient (Wildman–Crippen LogP) is 3.71. The minimum atomic E-state index is -0.907. The van der Waals surface area contributed by atoms with Crippen molar-refractivity contribution in [3.8, 4) is 0 Å². The van der Waals surface area contributed by atoms with Crippen LogP contribution in [0.2, 0.25) is 0 Å². The van der Waals surface area contributed by atoms with E-state index in [0.717, 1.165) is 5.56 Å². The number of benzene rings is 1. The molecular formula is C26H32O8. The van der Waals surface area contributed by atoms with E-state index in [4.69, 9.17) is 9.47 Å². The van der Waals surface area contributed by atoms with E-state index in [-0.39, 0.29) is 17.8 Å². The number of carbonyl (C=O) groups excluding carboxylic acids is 4. The van der Waals surface area contributed by atoms with Crippen molar-refractivity contribution in [2.75, 3.05) is 13.2 Å². The van der Waals surface area contributed by atoms with Crippen LogP contribution in [0.1, 0.15) is 39.7 Å². The maximum atomic E-state index is 12.0. The van der Waals surface area contributed by atoms with E-state index >= 15 is 0 Å².